The molecule has 1 aromatic rings. The van der Waals surface area contributed by atoms with Crippen molar-refractivity contribution in [2.45, 2.75) is 37.9 Å². The SMILES string of the molecule is Cc1cc(OC2CCOC3(CCOC3)C2)ccc1F. The Kier molecular flexibility index (Phi) is 3.46. The third-order valence-corrected chi connectivity index (χ3v) is 3.95. The molecule has 3 rings (SSSR count). The molecule has 0 aliphatic carbocycles. The zero-order chi connectivity index (χ0) is 13.3. The number of rotatable bonds is 2. The van der Waals surface area contributed by atoms with Crippen LogP contribution in [-0.2, 0) is 9.47 Å². The topological polar surface area (TPSA) is 27.7 Å². The predicted octanol–water partition coefficient (Wildman–Crippen LogP) is 2.85. The van der Waals surface area contributed by atoms with Gasteiger partial charge in [-0.1, -0.05) is 0 Å². The summed E-state index contributed by atoms with van der Waals surface area (Å²) in [5, 5.41) is 0. The van der Waals surface area contributed by atoms with Crippen molar-refractivity contribution < 1.29 is 18.6 Å². The van der Waals surface area contributed by atoms with Gasteiger partial charge in [0.05, 0.1) is 18.8 Å². The van der Waals surface area contributed by atoms with Crippen LogP contribution in [0.4, 0.5) is 4.39 Å². The van der Waals surface area contributed by atoms with Gasteiger partial charge >= 0.3 is 0 Å². The second-order valence-electron chi connectivity index (χ2n) is 5.48. The molecule has 0 amide bonds. The van der Waals surface area contributed by atoms with Crippen LogP contribution >= 0.6 is 0 Å². The Balaban J connectivity index is 1.67. The normalized spacial score (nSPS) is 30.7. The fourth-order valence-corrected chi connectivity index (χ4v) is 2.83. The fourth-order valence-electron chi connectivity index (χ4n) is 2.83. The molecule has 104 valence electrons. The Bertz CT molecular complexity index is 455. The molecule has 4 heteroatoms. The molecule has 0 N–H and O–H groups in total. The van der Waals surface area contributed by atoms with Crippen LogP contribution in [0.1, 0.15) is 24.8 Å². The molecule has 0 aromatic heterocycles. The maximum atomic E-state index is 13.2. The summed E-state index contributed by atoms with van der Waals surface area (Å²) in [6.07, 6.45) is 2.79. The van der Waals surface area contributed by atoms with E-state index < -0.39 is 0 Å². The first-order valence-electron chi connectivity index (χ1n) is 6.81. The lowest BCUT2D eigenvalue weighted by atomic mass is 9.91. The number of benzene rings is 1. The van der Waals surface area contributed by atoms with Gasteiger partial charge in [-0.25, -0.2) is 4.39 Å². The van der Waals surface area contributed by atoms with Crippen LogP contribution in [0, 0.1) is 12.7 Å². The summed E-state index contributed by atoms with van der Waals surface area (Å²) < 4.78 is 30.5. The quantitative estimate of drug-likeness (QED) is 0.824. The molecule has 2 aliphatic rings. The van der Waals surface area contributed by atoms with E-state index in [4.69, 9.17) is 14.2 Å². The average molecular weight is 266 g/mol. The summed E-state index contributed by atoms with van der Waals surface area (Å²) in [6.45, 7) is 3.88. The monoisotopic (exact) mass is 266 g/mol. The van der Waals surface area contributed by atoms with E-state index >= 15 is 0 Å². The Labute approximate surface area is 112 Å². The Morgan fingerprint density at radius 1 is 1.37 bits per heavy atom. The minimum absolute atomic E-state index is 0.125. The Morgan fingerprint density at radius 2 is 2.26 bits per heavy atom. The van der Waals surface area contributed by atoms with Crippen LogP contribution in [0.15, 0.2) is 18.2 Å². The van der Waals surface area contributed by atoms with E-state index in [0.29, 0.717) is 18.8 Å². The predicted molar refractivity (Wildman–Crippen MR) is 68.9 cm³/mol. The number of ether oxygens (including phenoxy) is 3. The van der Waals surface area contributed by atoms with Crippen LogP contribution in [0.25, 0.3) is 0 Å². The second kappa shape index (κ2) is 5.10. The van der Waals surface area contributed by atoms with Gasteiger partial charge in [0.15, 0.2) is 0 Å². The van der Waals surface area contributed by atoms with Gasteiger partial charge in [-0.2, -0.15) is 0 Å². The molecule has 2 aliphatic heterocycles. The number of aryl methyl sites for hydroxylation is 1. The van der Waals surface area contributed by atoms with E-state index in [1.165, 1.54) is 6.07 Å². The Hall–Kier alpha value is -1.13. The minimum atomic E-state index is -0.194. The van der Waals surface area contributed by atoms with Crippen molar-refractivity contribution >= 4 is 0 Å². The molecule has 0 saturated carbocycles. The highest BCUT2D eigenvalue weighted by Crippen LogP contribution is 2.34. The zero-order valence-electron chi connectivity index (χ0n) is 11.2. The van der Waals surface area contributed by atoms with Gasteiger partial charge < -0.3 is 14.2 Å². The highest BCUT2D eigenvalue weighted by molar-refractivity contribution is 5.29. The first kappa shape index (κ1) is 12.9. The van der Waals surface area contributed by atoms with Gasteiger partial charge in [0.25, 0.3) is 0 Å². The average Bonchev–Trinajstić information content (AvgIpc) is 2.82. The second-order valence-corrected chi connectivity index (χ2v) is 5.48. The van der Waals surface area contributed by atoms with Crippen molar-refractivity contribution in [2.24, 2.45) is 0 Å². The molecule has 2 heterocycles. The molecule has 1 aromatic carbocycles. The van der Waals surface area contributed by atoms with Gasteiger partial charge in [-0.05, 0) is 30.7 Å². The molecule has 1 spiro atoms. The summed E-state index contributed by atoms with van der Waals surface area (Å²) in [5.74, 6) is 0.542. The molecule has 0 radical (unpaired) electrons. The molecule has 2 atom stereocenters. The van der Waals surface area contributed by atoms with Crippen LogP contribution in [-0.4, -0.2) is 31.5 Å². The van der Waals surface area contributed by atoms with Crippen molar-refractivity contribution in [1.29, 1.82) is 0 Å². The number of halogens is 1. The summed E-state index contributed by atoms with van der Waals surface area (Å²) >= 11 is 0. The third-order valence-electron chi connectivity index (χ3n) is 3.95. The largest absolute Gasteiger partial charge is 0.490 e. The molecule has 3 nitrogen and oxygen atoms in total. The van der Waals surface area contributed by atoms with E-state index in [1.54, 1.807) is 19.1 Å². The molecule has 2 saturated heterocycles. The first-order chi connectivity index (χ1) is 9.17. The van der Waals surface area contributed by atoms with Crippen LogP contribution in [0.2, 0.25) is 0 Å². The lowest BCUT2D eigenvalue weighted by Gasteiger charge is -2.37. The lowest BCUT2D eigenvalue weighted by Crippen LogP contribution is -2.44. The molecular formula is C15H19FO3. The van der Waals surface area contributed by atoms with Crippen molar-refractivity contribution in [3.05, 3.63) is 29.6 Å². The smallest absolute Gasteiger partial charge is 0.126 e. The fraction of sp³-hybridized carbons (Fsp3) is 0.600. The van der Waals surface area contributed by atoms with E-state index in [1.807, 2.05) is 0 Å². The lowest BCUT2D eigenvalue weighted by molar-refractivity contribution is -0.112. The molecule has 0 bridgehead atoms. The summed E-state index contributed by atoms with van der Waals surface area (Å²) in [4.78, 5) is 0. The van der Waals surface area contributed by atoms with E-state index in [9.17, 15) is 4.39 Å². The van der Waals surface area contributed by atoms with Crippen LogP contribution in [0.3, 0.4) is 0 Å². The van der Waals surface area contributed by atoms with Gasteiger partial charge in [-0.15, -0.1) is 0 Å². The molecular weight excluding hydrogens is 247 g/mol. The summed E-state index contributed by atoms with van der Waals surface area (Å²) in [6, 6.07) is 4.90. The number of hydrogen-bond donors (Lipinski definition) is 0. The number of hydrogen-bond acceptors (Lipinski definition) is 3. The molecule has 2 unspecified atom stereocenters. The maximum Gasteiger partial charge on any atom is 0.126 e. The highest BCUT2D eigenvalue weighted by atomic mass is 19.1. The zero-order valence-corrected chi connectivity index (χ0v) is 11.2. The van der Waals surface area contributed by atoms with Gasteiger partial charge in [-0.3, -0.25) is 0 Å². The molecule has 19 heavy (non-hydrogen) atoms. The van der Waals surface area contributed by atoms with E-state index in [-0.39, 0.29) is 17.5 Å². The summed E-state index contributed by atoms with van der Waals surface area (Å²) in [7, 11) is 0. The third kappa shape index (κ3) is 2.74. The van der Waals surface area contributed by atoms with Gasteiger partial charge in [0, 0.05) is 25.9 Å². The van der Waals surface area contributed by atoms with Gasteiger partial charge in [0.2, 0.25) is 0 Å². The van der Waals surface area contributed by atoms with E-state index in [2.05, 4.69) is 0 Å². The van der Waals surface area contributed by atoms with E-state index in [0.717, 1.165) is 31.6 Å². The van der Waals surface area contributed by atoms with Crippen LogP contribution < -0.4 is 4.74 Å². The van der Waals surface area contributed by atoms with Crippen molar-refractivity contribution in [3.63, 3.8) is 0 Å². The summed E-state index contributed by atoms with van der Waals surface area (Å²) in [5.41, 5.74) is 0.460. The van der Waals surface area contributed by atoms with Gasteiger partial charge in [0.1, 0.15) is 17.7 Å². The first-order valence-corrected chi connectivity index (χ1v) is 6.81. The molecule has 2 fully saturated rings. The van der Waals surface area contributed by atoms with Crippen molar-refractivity contribution in [1.82, 2.24) is 0 Å². The standard InChI is InChI=1S/C15H19FO3/c1-11-8-12(2-3-14(11)16)19-13-4-6-18-15(9-13)5-7-17-10-15/h2-3,8,13H,4-7,9-10H2,1H3. The highest BCUT2D eigenvalue weighted by Gasteiger charge is 2.41. The van der Waals surface area contributed by atoms with Crippen molar-refractivity contribution in [3.8, 4) is 5.75 Å². The Morgan fingerprint density at radius 3 is 3.00 bits per heavy atom. The van der Waals surface area contributed by atoms with Crippen LogP contribution in [0.5, 0.6) is 5.75 Å². The minimum Gasteiger partial charge on any atom is -0.490 e. The maximum absolute atomic E-state index is 13.2. The van der Waals surface area contributed by atoms with Crippen molar-refractivity contribution in [2.75, 3.05) is 19.8 Å².